The van der Waals surface area contributed by atoms with Gasteiger partial charge in [0.15, 0.2) is 0 Å². The molecule has 9 rings (SSSR count). The largest absolute Gasteiger partial charge is 0.476 e. The van der Waals surface area contributed by atoms with Crippen LogP contribution in [0.2, 0.25) is 10.0 Å². The number of nitrogens with zero attached hydrogens (tertiary/aromatic N) is 4. The van der Waals surface area contributed by atoms with Gasteiger partial charge in [-0.15, -0.1) is 0 Å². The molecule has 4 heterocycles. The Morgan fingerprint density at radius 2 is 1.77 bits per heavy atom. The predicted octanol–water partition coefficient (Wildman–Crippen LogP) is 9.14. The number of pyridine rings is 2. The molecule has 3 aliphatic carbocycles. The summed E-state index contributed by atoms with van der Waals surface area (Å²) in [5, 5.41) is 12.1. The molecule has 15 heteroatoms. The molecule has 0 radical (unpaired) electrons. The van der Waals surface area contributed by atoms with Gasteiger partial charge in [0.05, 0.1) is 30.2 Å². The van der Waals surface area contributed by atoms with Crippen LogP contribution in [0.15, 0.2) is 89.7 Å². The summed E-state index contributed by atoms with van der Waals surface area (Å²) in [6, 6.07) is 18.3. The lowest BCUT2D eigenvalue weighted by atomic mass is 9.72. The maximum Gasteiger partial charge on any atom is 0.268 e. The van der Waals surface area contributed by atoms with E-state index >= 15 is 0 Å². The minimum absolute atomic E-state index is 0.0120. The topological polar surface area (TPSA) is 150 Å². The van der Waals surface area contributed by atoms with Crippen LogP contribution in [-0.4, -0.2) is 84.2 Å². The third-order valence-corrected chi connectivity index (χ3v) is 15.3. The molecular formula is C47H52Cl2N6O6S. The Bertz CT molecular complexity index is 2640. The minimum atomic E-state index is -4.42. The van der Waals surface area contributed by atoms with Crippen LogP contribution in [-0.2, 0) is 10.0 Å². The Hall–Kier alpha value is -4.66. The number of hydrogen-bond donors (Lipinski definition) is 3. The number of ether oxygens (including phenoxy) is 2. The first kappa shape index (κ1) is 42.6. The zero-order valence-electron chi connectivity index (χ0n) is 35.2. The number of hydrogen-bond acceptors (Lipinski definition) is 10. The monoisotopic (exact) mass is 898 g/mol. The summed E-state index contributed by atoms with van der Waals surface area (Å²) in [5.41, 5.74) is 5.31. The summed E-state index contributed by atoms with van der Waals surface area (Å²) in [6.45, 7) is 11.1. The Labute approximate surface area is 372 Å². The third-order valence-electron chi connectivity index (χ3n) is 13.5. The maximum atomic E-state index is 13.9. The highest BCUT2D eigenvalue weighted by Crippen LogP contribution is 2.53. The molecule has 2 saturated carbocycles. The quantitative estimate of drug-likeness (QED) is 0.111. The molecule has 326 valence electrons. The number of anilines is 1. The Morgan fingerprint density at radius 3 is 2.50 bits per heavy atom. The average molecular weight is 900 g/mol. The van der Waals surface area contributed by atoms with Crippen LogP contribution in [0.5, 0.6) is 17.4 Å². The van der Waals surface area contributed by atoms with Crippen molar-refractivity contribution in [3.05, 3.63) is 106 Å². The number of H-pyrrole nitrogens is 1. The van der Waals surface area contributed by atoms with Gasteiger partial charge in [0, 0.05) is 61.1 Å². The molecule has 4 aliphatic rings. The first-order valence-corrected chi connectivity index (χ1v) is 23.6. The van der Waals surface area contributed by atoms with Crippen molar-refractivity contribution in [3.8, 4) is 17.4 Å². The number of carbonyl (C=O) groups is 1. The summed E-state index contributed by atoms with van der Waals surface area (Å²) >= 11 is 12.7. The van der Waals surface area contributed by atoms with Crippen molar-refractivity contribution >= 4 is 61.4 Å². The number of nitrogens with one attached hydrogen (secondary N) is 2. The SMILES string of the molecule is CC1(C)CCC(CN2CCN(c3ccc(C(=O)NS(=O)(=O)c4cnc(OC[C@@H]5C[C@H]6C[C@@H]5CC6(C)O)c(Cl)c4)c(Oc4cnc5[nH]ccc5c4)c3)CC2)=C(c2ccc(Cl)cc2)C1. The number of allylic oxidation sites excluding steroid dienone is 1. The summed E-state index contributed by atoms with van der Waals surface area (Å²) in [5.74, 6) is 0.679. The number of halogens is 2. The van der Waals surface area contributed by atoms with Crippen LogP contribution < -0.4 is 19.1 Å². The fourth-order valence-electron chi connectivity index (χ4n) is 9.93. The Balaban J connectivity index is 0.899. The molecule has 62 heavy (non-hydrogen) atoms. The van der Waals surface area contributed by atoms with E-state index in [-0.39, 0.29) is 44.4 Å². The molecule has 1 unspecified atom stereocenters. The highest BCUT2D eigenvalue weighted by atomic mass is 35.5. The summed E-state index contributed by atoms with van der Waals surface area (Å²) in [6.07, 6.45) is 10.3. The lowest BCUT2D eigenvalue weighted by molar-refractivity contribution is -0.0121. The van der Waals surface area contributed by atoms with Gasteiger partial charge in [0.25, 0.3) is 15.9 Å². The molecule has 4 atom stereocenters. The highest BCUT2D eigenvalue weighted by molar-refractivity contribution is 7.90. The van der Waals surface area contributed by atoms with E-state index in [1.165, 1.54) is 22.8 Å². The normalized spacial score (nSPS) is 23.8. The second kappa shape index (κ2) is 16.8. The van der Waals surface area contributed by atoms with Crippen LogP contribution >= 0.6 is 23.2 Å². The molecule has 3 aromatic heterocycles. The molecule has 3 fully saturated rings. The Kier molecular flexibility index (Phi) is 11.6. The number of rotatable bonds is 12. The van der Waals surface area contributed by atoms with Gasteiger partial charge in [-0.1, -0.05) is 54.8 Å². The molecule has 0 spiro atoms. The molecule has 1 aliphatic heterocycles. The van der Waals surface area contributed by atoms with Gasteiger partial charge in [0.2, 0.25) is 5.88 Å². The van der Waals surface area contributed by atoms with Crippen LogP contribution in [0.3, 0.4) is 0 Å². The summed E-state index contributed by atoms with van der Waals surface area (Å²) < 4.78 is 41.8. The number of piperazine rings is 1. The van der Waals surface area contributed by atoms with E-state index in [1.807, 2.05) is 31.2 Å². The van der Waals surface area contributed by atoms with E-state index in [9.17, 15) is 18.3 Å². The number of benzene rings is 2. The van der Waals surface area contributed by atoms with Crippen molar-refractivity contribution in [3.63, 3.8) is 0 Å². The number of sulfonamides is 1. The van der Waals surface area contributed by atoms with E-state index in [0.717, 1.165) is 93.5 Å². The van der Waals surface area contributed by atoms with Crippen LogP contribution in [0, 0.1) is 23.2 Å². The zero-order valence-corrected chi connectivity index (χ0v) is 37.5. The molecular weight excluding hydrogens is 848 g/mol. The lowest BCUT2D eigenvalue weighted by Crippen LogP contribution is -2.47. The van der Waals surface area contributed by atoms with Crippen LogP contribution in [0.25, 0.3) is 16.6 Å². The first-order valence-electron chi connectivity index (χ1n) is 21.4. The lowest BCUT2D eigenvalue weighted by Gasteiger charge is -2.39. The number of amides is 1. The van der Waals surface area contributed by atoms with Gasteiger partial charge in [-0.3, -0.25) is 9.69 Å². The highest BCUT2D eigenvalue weighted by Gasteiger charge is 2.51. The van der Waals surface area contributed by atoms with Gasteiger partial charge in [0.1, 0.15) is 27.1 Å². The molecule has 3 N–H and O–H groups in total. The van der Waals surface area contributed by atoms with Crippen LogP contribution in [0.1, 0.15) is 75.2 Å². The van der Waals surface area contributed by atoms with Gasteiger partial charge in [-0.05, 0) is 122 Å². The van der Waals surface area contributed by atoms with E-state index in [2.05, 4.69) is 55.5 Å². The smallest absolute Gasteiger partial charge is 0.268 e. The van der Waals surface area contributed by atoms with E-state index in [1.54, 1.807) is 30.6 Å². The second-order valence-corrected chi connectivity index (χ2v) is 21.0. The van der Waals surface area contributed by atoms with Gasteiger partial charge < -0.3 is 24.5 Å². The predicted molar refractivity (Wildman–Crippen MR) is 242 cm³/mol. The summed E-state index contributed by atoms with van der Waals surface area (Å²) in [4.78, 5) is 30.1. The van der Waals surface area contributed by atoms with Crippen molar-refractivity contribution in [2.24, 2.45) is 23.2 Å². The van der Waals surface area contributed by atoms with E-state index < -0.39 is 21.5 Å². The third kappa shape index (κ3) is 9.05. The number of aromatic nitrogens is 3. The molecule has 12 nitrogen and oxygen atoms in total. The minimum Gasteiger partial charge on any atom is -0.476 e. The van der Waals surface area contributed by atoms with E-state index in [4.69, 9.17) is 32.7 Å². The molecule has 5 aromatic rings. The number of fused-ring (bicyclic) bond motifs is 3. The van der Waals surface area contributed by atoms with E-state index in [0.29, 0.717) is 23.9 Å². The van der Waals surface area contributed by atoms with Crippen molar-refractivity contribution < 1.29 is 27.8 Å². The van der Waals surface area contributed by atoms with Crippen LogP contribution in [0.4, 0.5) is 5.69 Å². The Morgan fingerprint density at radius 1 is 0.984 bits per heavy atom. The van der Waals surface area contributed by atoms with Crippen molar-refractivity contribution in [2.45, 2.75) is 69.8 Å². The second-order valence-electron chi connectivity index (χ2n) is 18.5. The number of aromatic amines is 1. The number of carbonyl (C=O) groups excluding carboxylic acids is 1. The zero-order chi connectivity index (χ0) is 43.4. The molecule has 1 saturated heterocycles. The molecule has 2 aromatic carbocycles. The van der Waals surface area contributed by atoms with Crippen molar-refractivity contribution in [2.75, 3.05) is 44.2 Å². The van der Waals surface area contributed by atoms with Gasteiger partial charge >= 0.3 is 0 Å². The molecule has 1 amide bonds. The van der Waals surface area contributed by atoms with Gasteiger partial charge in [-0.2, -0.15) is 0 Å². The standard InChI is InChI=1S/C47H52Cl2N6O6S/c1-46(2)12-10-31(40(24-46)29-4-6-35(48)7-5-29)27-54-14-16-55(17-15-54)36-8-9-39(42(21-36)61-37-20-30-11-13-50-43(30)51-25-37)44(56)53-62(58,59)38-22-41(49)45(52-26-38)60-28-33-19-34-18-32(33)23-47(34,3)57/h4-9,11,13,20-22,25-26,32-34,57H,10,12,14-19,23-24,27-28H2,1-3H3,(H,50,51)(H,53,56)/t32-,33+,34-,47?/m1/s1. The first-order chi connectivity index (χ1) is 29.6. The number of aliphatic hydroxyl groups is 1. The fourth-order valence-corrected chi connectivity index (χ4v) is 11.3. The average Bonchev–Trinajstić information content (AvgIpc) is 3.95. The van der Waals surface area contributed by atoms with Crippen molar-refractivity contribution in [1.29, 1.82) is 0 Å². The molecule has 2 bridgehead atoms. The summed E-state index contributed by atoms with van der Waals surface area (Å²) in [7, 11) is -4.42. The van der Waals surface area contributed by atoms with Crippen molar-refractivity contribution in [1.82, 2.24) is 24.6 Å². The van der Waals surface area contributed by atoms with Gasteiger partial charge in [-0.25, -0.2) is 23.1 Å². The maximum absolute atomic E-state index is 13.9. The fraction of sp³-hybridized carbons (Fsp3) is 0.426.